The van der Waals surface area contributed by atoms with Crippen molar-refractivity contribution < 1.29 is 4.39 Å². The highest BCUT2D eigenvalue weighted by Gasteiger charge is 2.24. The highest BCUT2D eigenvalue weighted by Crippen LogP contribution is 2.38. The van der Waals surface area contributed by atoms with E-state index in [2.05, 4.69) is 33.1 Å². The molecule has 0 unspecified atom stereocenters. The van der Waals surface area contributed by atoms with Crippen LogP contribution in [0.4, 0.5) is 15.8 Å². The fourth-order valence-electron chi connectivity index (χ4n) is 1.84. The zero-order valence-corrected chi connectivity index (χ0v) is 13.4. The minimum Gasteiger partial charge on any atom is -0.384 e. The van der Waals surface area contributed by atoms with Gasteiger partial charge in [-0.3, -0.25) is 0 Å². The summed E-state index contributed by atoms with van der Waals surface area (Å²) in [6.45, 7) is 9.01. The molecule has 1 aromatic rings. The van der Waals surface area contributed by atoms with Gasteiger partial charge in [-0.25, -0.2) is 4.39 Å². The SMILES string of the molecule is CCNc1cc(C(C)(C)F)c(Br)cc1N(C)CC. The van der Waals surface area contributed by atoms with Crippen molar-refractivity contribution >= 4 is 27.3 Å². The van der Waals surface area contributed by atoms with Crippen LogP contribution >= 0.6 is 15.9 Å². The van der Waals surface area contributed by atoms with Crippen LogP contribution in [0.1, 0.15) is 33.3 Å². The van der Waals surface area contributed by atoms with Gasteiger partial charge in [0.1, 0.15) is 5.67 Å². The molecule has 2 nitrogen and oxygen atoms in total. The number of nitrogens with zero attached hydrogens (tertiary/aromatic N) is 1. The standard InChI is InChI=1S/C14H22BrFN2/c1-6-17-12-8-10(14(3,4)16)11(15)9-13(12)18(5)7-2/h8-9,17H,6-7H2,1-5H3. The Kier molecular flexibility index (Phi) is 5.02. The van der Waals surface area contributed by atoms with Crippen molar-refractivity contribution in [1.82, 2.24) is 0 Å². The number of hydrogen-bond donors (Lipinski definition) is 1. The van der Waals surface area contributed by atoms with Crippen molar-refractivity contribution in [3.8, 4) is 0 Å². The summed E-state index contributed by atoms with van der Waals surface area (Å²) >= 11 is 3.47. The maximum atomic E-state index is 14.1. The summed E-state index contributed by atoms with van der Waals surface area (Å²) in [5, 5.41) is 3.30. The summed E-state index contributed by atoms with van der Waals surface area (Å²) in [5.41, 5.74) is 1.38. The molecule has 0 radical (unpaired) electrons. The summed E-state index contributed by atoms with van der Waals surface area (Å²) in [7, 11) is 2.03. The van der Waals surface area contributed by atoms with E-state index in [-0.39, 0.29) is 0 Å². The van der Waals surface area contributed by atoms with Gasteiger partial charge in [-0.1, -0.05) is 15.9 Å². The molecule has 0 heterocycles. The van der Waals surface area contributed by atoms with Crippen LogP contribution in [0.15, 0.2) is 16.6 Å². The van der Waals surface area contributed by atoms with Crippen molar-refractivity contribution in [1.29, 1.82) is 0 Å². The van der Waals surface area contributed by atoms with Gasteiger partial charge in [0.15, 0.2) is 0 Å². The second-order valence-corrected chi connectivity index (χ2v) is 5.72. The van der Waals surface area contributed by atoms with E-state index in [1.807, 2.05) is 26.1 Å². The van der Waals surface area contributed by atoms with E-state index in [1.165, 1.54) is 0 Å². The second kappa shape index (κ2) is 5.91. The van der Waals surface area contributed by atoms with Crippen LogP contribution in [-0.4, -0.2) is 20.1 Å². The zero-order chi connectivity index (χ0) is 13.9. The lowest BCUT2D eigenvalue weighted by Crippen LogP contribution is -2.19. The number of anilines is 2. The lowest BCUT2D eigenvalue weighted by molar-refractivity contribution is 0.220. The van der Waals surface area contributed by atoms with Crippen LogP contribution in [0.2, 0.25) is 0 Å². The first-order valence-electron chi connectivity index (χ1n) is 6.29. The van der Waals surface area contributed by atoms with Gasteiger partial charge in [0.2, 0.25) is 0 Å². The molecule has 4 heteroatoms. The maximum Gasteiger partial charge on any atom is 0.131 e. The van der Waals surface area contributed by atoms with Crippen LogP contribution in [0.3, 0.4) is 0 Å². The van der Waals surface area contributed by atoms with Crippen LogP contribution in [0.25, 0.3) is 0 Å². The van der Waals surface area contributed by atoms with Crippen molar-refractivity contribution in [2.75, 3.05) is 30.4 Å². The first-order valence-corrected chi connectivity index (χ1v) is 7.08. The Morgan fingerprint density at radius 2 is 1.94 bits per heavy atom. The normalized spacial score (nSPS) is 11.5. The molecule has 0 amide bonds. The highest BCUT2D eigenvalue weighted by atomic mass is 79.9. The molecular formula is C14H22BrFN2. The largest absolute Gasteiger partial charge is 0.384 e. The molecule has 18 heavy (non-hydrogen) atoms. The van der Waals surface area contributed by atoms with Crippen molar-refractivity contribution in [3.05, 3.63) is 22.2 Å². The van der Waals surface area contributed by atoms with Crippen LogP contribution in [0.5, 0.6) is 0 Å². The van der Waals surface area contributed by atoms with Crippen molar-refractivity contribution in [2.24, 2.45) is 0 Å². The molecule has 1 aromatic carbocycles. The van der Waals surface area contributed by atoms with Gasteiger partial charge in [-0.2, -0.15) is 0 Å². The molecule has 0 fully saturated rings. The Bertz CT molecular complexity index is 413. The Hall–Kier alpha value is -0.770. The third-order valence-electron chi connectivity index (χ3n) is 2.98. The number of benzene rings is 1. The number of nitrogens with one attached hydrogen (secondary N) is 1. The number of alkyl halides is 1. The van der Waals surface area contributed by atoms with E-state index < -0.39 is 5.67 Å². The fraction of sp³-hybridized carbons (Fsp3) is 0.571. The lowest BCUT2D eigenvalue weighted by Gasteiger charge is -2.25. The second-order valence-electron chi connectivity index (χ2n) is 4.87. The first-order chi connectivity index (χ1) is 8.31. The Balaban J connectivity index is 3.34. The average molecular weight is 317 g/mol. The maximum absolute atomic E-state index is 14.1. The van der Waals surface area contributed by atoms with Crippen LogP contribution < -0.4 is 10.2 Å². The third kappa shape index (κ3) is 3.37. The molecule has 0 spiro atoms. The Morgan fingerprint density at radius 1 is 1.33 bits per heavy atom. The quantitative estimate of drug-likeness (QED) is 0.857. The summed E-state index contributed by atoms with van der Waals surface area (Å²) in [4.78, 5) is 2.14. The van der Waals surface area contributed by atoms with E-state index in [9.17, 15) is 4.39 Å². The molecule has 0 aliphatic rings. The topological polar surface area (TPSA) is 15.3 Å². The summed E-state index contributed by atoms with van der Waals surface area (Å²) in [5.74, 6) is 0. The Labute approximate surface area is 118 Å². The molecular weight excluding hydrogens is 295 g/mol. The summed E-state index contributed by atoms with van der Waals surface area (Å²) in [6.07, 6.45) is 0. The molecule has 0 saturated carbocycles. The van der Waals surface area contributed by atoms with Gasteiger partial charge in [-0.15, -0.1) is 0 Å². The fourth-order valence-corrected chi connectivity index (χ4v) is 2.64. The van der Waals surface area contributed by atoms with Gasteiger partial charge >= 0.3 is 0 Å². The molecule has 0 aliphatic heterocycles. The average Bonchev–Trinajstić information content (AvgIpc) is 2.28. The molecule has 0 aliphatic carbocycles. The van der Waals surface area contributed by atoms with Gasteiger partial charge < -0.3 is 10.2 Å². The van der Waals surface area contributed by atoms with E-state index >= 15 is 0 Å². The molecule has 102 valence electrons. The number of halogens is 2. The minimum absolute atomic E-state index is 0.673. The van der Waals surface area contributed by atoms with E-state index in [0.29, 0.717) is 5.56 Å². The third-order valence-corrected chi connectivity index (χ3v) is 3.63. The van der Waals surface area contributed by atoms with Gasteiger partial charge in [0, 0.05) is 30.2 Å². The van der Waals surface area contributed by atoms with Gasteiger partial charge in [0.05, 0.1) is 11.4 Å². The highest BCUT2D eigenvalue weighted by molar-refractivity contribution is 9.10. The predicted octanol–water partition coefficient (Wildman–Crippen LogP) is 4.54. The first kappa shape index (κ1) is 15.3. The van der Waals surface area contributed by atoms with Gasteiger partial charge in [0.25, 0.3) is 0 Å². The molecule has 0 bridgehead atoms. The molecule has 0 saturated heterocycles. The smallest absolute Gasteiger partial charge is 0.131 e. The lowest BCUT2D eigenvalue weighted by atomic mass is 9.98. The number of rotatable bonds is 5. The summed E-state index contributed by atoms with van der Waals surface area (Å²) < 4.78 is 15.0. The van der Waals surface area contributed by atoms with Crippen LogP contribution in [0, 0.1) is 0 Å². The van der Waals surface area contributed by atoms with Crippen molar-refractivity contribution in [2.45, 2.75) is 33.4 Å². The molecule has 1 rings (SSSR count). The molecule has 0 atom stereocenters. The Morgan fingerprint density at radius 3 is 2.39 bits per heavy atom. The van der Waals surface area contributed by atoms with E-state index in [1.54, 1.807) is 13.8 Å². The van der Waals surface area contributed by atoms with Crippen molar-refractivity contribution in [3.63, 3.8) is 0 Å². The molecule has 0 aromatic heterocycles. The zero-order valence-electron chi connectivity index (χ0n) is 11.8. The van der Waals surface area contributed by atoms with E-state index in [0.717, 1.165) is 28.9 Å². The number of hydrogen-bond acceptors (Lipinski definition) is 2. The minimum atomic E-state index is -1.35. The predicted molar refractivity (Wildman–Crippen MR) is 81.4 cm³/mol. The molecule has 1 N–H and O–H groups in total. The summed E-state index contributed by atoms with van der Waals surface area (Å²) in [6, 6.07) is 3.88. The van der Waals surface area contributed by atoms with Gasteiger partial charge in [-0.05, 0) is 39.8 Å². The van der Waals surface area contributed by atoms with E-state index in [4.69, 9.17) is 0 Å². The monoisotopic (exact) mass is 316 g/mol. The van der Waals surface area contributed by atoms with Crippen LogP contribution in [-0.2, 0) is 5.67 Å².